The molecule has 1 saturated carbocycles. The van der Waals surface area contributed by atoms with E-state index in [1.807, 2.05) is 0 Å². The van der Waals surface area contributed by atoms with E-state index in [2.05, 4.69) is 38.0 Å². The second-order valence-corrected chi connectivity index (χ2v) is 7.41. The molecule has 0 amide bonds. The molecular formula is C16H32N2. The first-order valence-electron chi connectivity index (χ1n) is 7.92. The lowest BCUT2D eigenvalue weighted by atomic mass is 9.76. The second kappa shape index (κ2) is 5.92. The maximum absolute atomic E-state index is 3.93. The van der Waals surface area contributed by atoms with Crippen molar-refractivity contribution in [2.45, 2.75) is 58.9 Å². The van der Waals surface area contributed by atoms with Crippen LogP contribution in [0.2, 0.25) is 0 Å². The van der Waals surface area contributed by atoms with Gasteiger partial charge in [0, 0.05) is 12.6 Å². The number of hydrogen-bond donors (Lipinski definition) is 1. The molecule has 2 heteroatoms. The molecule has 2 unspecified atom stereocenters. The van der Waals surface area contributed by atoms with E-state index < -0.39 is 0 Å². The minimum absolute atomic E-state index is 0.531. The molecule has 0 aromatic carbocycles. The highest BCUT2D eigenvalue weighted by Crippen LogP contribution is 2.32. The van der Waals surface area contributed by atoms with Crippen LogP contribution < -0.4 is 5.32 Å². The Morgan fingerprint density at radius 3 is 2.22 bits per heavy atom. The molecule has 0 aromatic rings. The Balaban J connectivity index is 1.82. The summed E-state index contributed by atoms with van der Waals surface area (Å²) >= 11 is 0. The average molecular weight is 252 g/mol. The molecule has 1 aliphatic heterocycles. The Morgan fingerprint density at radius 2 is 1.67 bits per heavy atom. The molecular weight excluding hydrogens is 220 g/mol. The maximum Gasteiger partial charge on any atom is 0.0118 e. The molecule has 0 aromatic heterocycles. The summed E-state index contributed by atoms with van der Waals surface area (Å²) in [6.07, 6.45) is 6.98. The number of nitrogens with one attached hydrogen (secondary N) is 1. The zero-order valence-electron chi connectivity index (χ0n) is 12.8. The summed E-state index contributed by atoms with van der Waals surface area (Å²) in [6, 6.07) is 0.759. The zero-order chi connectivity index (χ0) is 13.2. The fraction of sp³-hybridized carbons (Fsp3) is 1.00. The van der Waals surface area contributed by atoms with Crippen LogP contribution >= 0.6 is 0 Å². The first-order chi connectivity index (χ1) is 8.50. The van der Waals surface area contributed by atoms with Crippen LogP contribution in [-0.2, 0) is 0 Å². The summed E-state index contributed by atoms with van der Waals surface area (Å²) in [7, 11) is 2.25. The molecule has 2 aliphatic rings. The Hall–Kier alpha value is -0.0800. The number of likely N-dealkylation sites (tertiary alicyclic amines) is 1. The van der Waals surface area contributed by atoms with E-state index >= 15 is 0 Å². The van der Waals surface area contributed by atoms with Crippen molar-refractivity contribution in [2.24, 2.45) is 17.3 Å². The molecule has 0 bridgehead atoms. The summed E-state index contributed by atoms with van der Waals surface area (Å²) in [5, 5.41) is 3.93. The Kier molecular flexibility index (Phi) is 4.71. The predicted molar refractivity (Wildman–Crippen MR) is 78.8 cm³/mol. The predicted octanol–water partition coefficient (Wildman–Crippen LogP) is 3.13. The fourth-order valence-electron chi connectivity index (χ4n) is 3.78. The summed E-state index contributed by atoms with van der Waals surface area (Å²) in [6.45, 7) is 11.1. The van der Waals surface area contributed by atoms with Crippen molar-refractivity contribution in [1.29, 1.82) is 0 Å². The van der Waals surface area contributed by atoms with Crippen molar-refractivity contribution in [3.8, 4) is 0 Å². The van der Waals surface area contributed by atoms with Gasteiger partial charge in [-0.25, -0.2) is 0 Å². The molecule has 1 saturated heterocycles. The summed E-state index contributed by atoms with van der Waals surface area (Å²) in [5.74, 6) is 1.73. The summed E-state index contributed by atoms with van der Waals surface area (Å²) in [4.78, 5) is 2.47. The van der Waals surface area contributed by atoms with Crippen molar-refractivity contribution in [3.63, 3.8) is 0 Å². The monoisotopic (exact) mass is 252 g/mol. The molecule has 2 rings (SSSR count). The molecule has 1 N–H and O–H groups in total. The molecule has 18 heavy (non-hydrogen) atoms. The quantitative estimate of drug-likeness (QED) is 0.830. The molecule has 2 fully saturated rings. The van der Waals surface area contributed by atoms with Crippen molar-refractivity contribution in [3.05, 3.63) is 0 Å². The lowest BCUT2D eigenvalue weighted by Crippen LogP contribution is -2.49. The van der Waals surface area contributed by atoms with E-state index in [9.17, 15) is 0 Å². The van der Waals surface area contributed by atoms with Gasteiger partial charge < -0.3 is 10.2 Å². The van der Waals surface area contributed by atoms with Crippen molar-refractivity contribution < 1.29 is 0 Å². The van der Waals surface area contributed by atoms with E-state index in [0.29, 0.717) is 5.41 Å². The van der Waals surface area contributed by atoms with Gasteiger partial charge in [0.25, 0.3) is 0 Å². The number of hydrogen-bond acceptors (Lipinski definition) is 2. The van der Waals surface area contributed by atoms with Crippen LogP contribution in [0, 0.1) is 17.3 Å². The Morgan fingerprint density at radius 1 is 1.11 bits per heavy atom. The van der Waals surface area contributed by atoms with E-state index in [4.69, 9.17) is 0 Å². The number of rotatable bonds is 3. The van der Waals surface area contributed by atoms with Crippen molar-refractivity contribution in [2.75, 3.05) is 26.7 Å². The SMILES string of the molecule is CC1CCCC(C)C1NCC1(C)CCN(C)CC1. The van der Waals surface area contributed by atoms with Crippen molar-refractivity contribution in [1.82, 2.24) is 10.2 Å². The maximum atomic E-state index is 3.93. The average Bonchev–Trinajstić information content (AvgIpc) is 2.33. The molecule has 0 spiro atoms. The Labute approximate surface area is 114 Å². The third kappa shape index (κ3) is 3.48. The van der Waals surface area contributed by atoms with Gasteiger partial charge in [-0.05, 0) is 63.1 Å². The lowest BCUT2D eigenvalue weighted by Gasteiger charge is -2.42. The van der Waals surface area contributed by atoms with E-state index in [-0.39, 0.29) is 0 Å². The number of nitrogens with zero attached hydrogens (tertiary/aromatic N) is 1. The normalized spacial score (nSPS) is 37.7. The first-order valence-corrected chi connectivity index (χ1v) is 7.92. The standard InChI is InChI=1S/C16H32N2/c1-13-6-5-7-14(2)15(13)17-12-16(3)8-10-18(4)11-9-16/h13-15,17H,5-12H2,1-4H3. The topological polar surface area (TPSA) is 15.3 Å². The van der Waals surface area contributed by atoms with Gasteiger partial charge in [0.15, 0.2) is 0 Å². The lowest BCUT2D eigenvalue weighted by molar-refractivity contribution is 0.116. The largest absolute Gasteiger partial charge is 0.313 e. The van der Waals surface area contributed by atoms with E-state index in [0.717, 1.165) is 17.9 Å². The highest BCUT2D eigenvalue weighted by molar-refractivity contribution is 4.88. The molecule has 2 nitrogen and oxygen atoms in total. The van der Waals surface area contributed by atoms with Gasteiger partial charge in [-0.15, -0.1) is 0 Å². The smallest absolute Gasteiger partial charge is 0.0118 e. The van der Waals surface area contributed by atoms with E-state index in [1.54, 1.807) is 0 Å². The van der Waals surface area contributed by atoms with Gasteiger partial charge in [0.1, 0.15) is 0 Å². The van der Waals surface area contributed by atoms with Crippen LogP contribution in [0.5, 0.6) is 0 Å². The van der Waals surface area contributed by atoms with Crippen LogP contribution in [0.3, 0.4) is 0 Å². The number of piperidine rings is 1. The first kappa shape index (κ1) is 14.3. The molecule has 2 atom stereocenters. The fourth-order valence-corrected chi connectivity index (χ4v) is 3.78. The van der Waals surface area contributed by atoms with Crippen LogP contribution in [0.1, 0.15) is 52.9 Å². The summed E-state index contributed by atoms with van der Waals surface area (Å²) < 4.78 is 0. The second-order valence-electron chi connectivity index (χ2n) is 7.41. The molecule has 0 radical (unpaired) electrons. The molecule has 106 valence electrons. The van der Waals surface area contributed by atoms with Gasteiger partial charge >= 0.3 is 0 Å². The van der Waals surface area contributed by atoms with Gasteiger partial charge in [-0.3, -0.25) is 0 Å². The van der Waals surface area contributed by atoms with Gasteiger partial charge in [0.2, 0.25) is 0 Å². The van der Waals surface area contributed by atoms with Gasteiger partial charge in [-0.1, -0.05) is 27.2 Å². The Bertz CT molecular complexity index is 246. The highest BCUT2D eigenvalue weighted by atomic mass is 15.1. The van der Waals surface area contributed by atoms with E-state index in [1.165, 1.54) is 51.7 Å². The third-order valence-corrected chi connectivity index (χ3v) is 5.50. The van der Waals surface area contributed by atoms with Crippen LogP contribution in [0.4, 0.5) is 0 Å². The van der Waals surface area contributed by atoms with Gasteiger partial charge in [-0.2, -0.15) is 0 Å². The minimum Gasteiger partial charge on any atom is -0.313 e. The van der Waals surface area contributed by atoms with Crippen molar-refractivity contribution >= 4 is 0 Å². The molecule has 1 aliphatic carbocycles. The molecule has 1 heterocycles. The summed E-state index contributed by atoms with van der Waals surface area (Å²) in [5.41, 5.74) is 0.531. The third-order valence-electron chi connectivity index (χ3n) is 5.50. The zero-order valence-corrected chi connectivity index (χ0v) is 12.8. The minimum atomic E-state index is 0.531. The van der Waals surface area contributed by atoms with Crippen LogP contribution in [0.25, 0.3) is 0 Å². The van der Waals surface area contributed by atoms with Gasteiger partial charge in [0.05, 0.1) is 0 Å². The van der Waals surface area contributed by atoms with Crippen LogP contribution in [-0.4, -0.2) is 37.6 Å². The highest BCUT2D eigenvalue weighted by Gasteiger charge is 2.32. The van der Waals surface area contributed by atoms with Crippen LogP contribution in [0.15, 0.2) is 0 Å².